The molecule has 1 atom stereocenters. The molecule has 3 aromatic rings. The van der Waals surface area contributed by atoms with E-state index in [-0.39, 0.29) is 23.4 Å². The summed E-state index contributed by atoms with van der Waals surface area (Å²) in [6.45, 7) is 5.32. The summed E-state index contributed by atoms with van der Waals surface area (Å²) in [6, 6.07) is 22.3. The number of nitrogens with one attached hydrogen (secondary N) is 1. The highest BCUT2D eigenvalue weighted by Gasteiger charge is 2.33. The quantitative estimate of drug-likeness (QED) is 0.361. The number of anilines is 1. The van der Waals surface area contributed by atoms with Gasteiger partial charge < -0.3 is 10.2 Å². The molecule has 1 unspecified atom stereocenters. The third-order valence-electron chi connectivity index (χ3n) is 7.45. The number of hydrogen-bond acceptors (Lipinski definition) is 4. The largest absolute Gasteiger partial charge is 0.352 e. The Kier molecular flexibility index (Phi) is 9.63. The van der Waals surface area contributed by atoms with Crippen LogP contribution in [0, 0.1) is 13.8 Å². The summed E-state index contributed by atoms with van der Waals surface area (Å²) in [4.78, 5) is 29.0. The number of amides is 2. The third-order valence-corrected chi connectivity index (χ3v) is 9.24. The fourth-order valence-corrected chi connectivity index (χ4v) is 6.62. The molecule has 0 aliphatic heterocycles. The van der Waals surface area contributed by atoms with Crippen LogP contribution in [0.1, 0.15) is 55.7 Å². The zero-order valence-electron chi connectivity index (χ0n) is 23.5. The molecule has 1 aliphatic carbocycles. The average molecular weight is 562 g/mol. The molecule has 2 amide bonds. The number of nitrogens with zero attached hydrogens (tertiary/aromatic N) is 2. The van der Waals surface area contributed by atoms with Crippen molar-refractivity contribution in [2.45, 2.75) is 76.4 Å². The Morgan fingerprint density at radius 3 is 2.17 bits per heavy atom. The molecule has 3 aromatic carbocycles. The van der Waals surface area contributed by atoms with Gasteiger partial charge in [-0.05, 0) is 69.0 Å². The molecule has 0 aromatic heterocycles. The summed E-state index contributed by atoms with van der Waals surface area (Å²) in [7, 11) is -4.06. The van der Waals surface area contributed by atoms with E-state index in [9.17, 15) is 18.0 Å². The smallest absolute Gasteiger partial charge is 0.264 e. The Labute approximate surface area is 238 Å². The third kappa shape index (κ3) is 7.30. The lowest BCUT2D eigenvalue weighted by Crippen LogP contribution is -2.53. The molecule has 0 spiro atoms. The van der Waals surface area contributed by atoms with Crippen molar-refractivity contribution in [3.8, 4) is 0 Å². The van der Waals surface area contributed by atoms with Crippen LogP contribution in [0.2, 0.25) is 0 Å². The maximum Gasteiger partial charge on any atom is 0.264 e. The van der Waals surface area contributed by atoms with Crippen LogP contribution in [0.3, 0.4) is 0 Å². The van der Waals surface area contributed by atoms with Gasteiger partial charge in [0.2, 0.25) is 11.8 Å². The molecule has 0 heterocycles. The first-order valence-corrected chi connectivity index (χ1v) is 15.4. The number of aryl methyl sites for hydroxylation is 2. The van der Waals surface area contributed by atoms with Gasteiger partial charge in [-0.3, -0.25) is 13.9 Å². The molecule has 0 saturated heterocycles. The first kappa shape index (κ1) is 29.3. The predicted octanol–water partition coefficient (Wildman–Crippen LogP) is 5.36. The van der Waals surface area contributed by atoms with Gasteiger partial charge >= 0.3 is 0 Å². The molecule has 40 heavy (non-hydrogen) atoms. The lowest BCUT2D eigenvalue weighted by Gasteiger charge is -2.33. The van der Waals surface area contributed by atoms with E-state index in [1.807, 2.05) is 44.2 Å². The van der Waals surface area contributed by atoms with Crippen molar-refractivity contribution >= 4 is 27.5 Å². The van der Waals surface area contributed by atoms with E-state index in [4.69, 9.17) is 0 Å². The first-order valence-electron chi connectivity index (χ1n) is 13.9. The van der Waals surface area contributed by atoms with Gasteiger partial charge in [0.25, 0.3) is 10.0 Å². The van der Waals surface area contributed by atoms with Crippen molar-refractivity contribution in [3.63, 3.8) is 0 Å². The van der Waals surface area contributed by atoms with Crippen LogP contribution >= 0.6 is 0 Å². The van der Waals surface area contributed by atoms with Crippen molar-refractivity contribution in [1.82, 2.24) is 10.2 Å². The fraction of sp³-hybridized carbons (Fsp3) is 0.375. The van der Waals surface area contributed by atoms with Gasteiger partial charge in [0.05, 0.1) is 10.6 Å². The number of carbonyl (C=O) groups is 2. The van der Waals surface area contributed by atoms with Gasteiger partial charge in [-0.2, -0.15) is 0 Å². The van der Waals surface area contributed by atoms with E-state index in [1.165, 1.54) is 23.5 Å². The van der Waals surface area contributed by atoms with Crippen LogP contribution < -0.4 is 9.62 Å². The minimum Gasteiger partial charge on any atom is -0.352 e. The molecular formula is C32H39N3O4S. The van der Waals surface area contributed by atoms with Crippen molar-refractivity contribution in [1.29, 1.82) is 0 Å². The summed E-state index contributed by atoms with van der Waals surface area (Å²) in [5.74, 6) is -0.672. The Morgan fingerprint density at radius 2 is 1.52 bits per heavy atom. The molecular weight excluding hydrogens is 522 g/mol. The van der Waals surface area contributed by atoms with Crippen LogP contribution in [0.5, 0.6) is 0 Å². The molecule has 8 heteroatoms. The normalized spacial score (nSPS) is 14.8. The fourth-order valence-electron chi connectivity index (χ4n) is 5.19. The summed E-state index contributed by atoms with van der Waals surface area (Å²) in [5, 5.41) is 3.14. The maximum atomic E-state index is 14.1. The Bertz CT molecular complexity index is 1420. The average Bonchev–Trinajstić information content (AvgIpc) is 2.95. The lowest BCUT2D eigenvalue weighted by molar-refractivity contribution is -0.139. The predicted molar refractivity (Wildman–Crippen MR) is 158 cm³/mol. The van der Waals surface area contributed by atoms with Crippen LogP contribution in [0.25, 0.3) is 0 Å². The number of hydrogen-bond donors (Lipinski definition) is 1. The highest BCUT2D eigenvalue weighted by molar-refractivity contribution is 7.92. The second-order valence-electron chi connectivity index (χ2n) is 10.7. The molecule has 1 saturated carbocycles. The van der Waals surface area contributed by atoms with Gasteiger partial charge in [0, 0.05) is 12.6 Å². The van der Waals surface area contributed by atoms with Crippen molar-refractivity contribution < 1.29 is 18.0 Å². The van der Waals surface area contributed by atoms with Crippen LogP contribution in [-0.4, -0.2) is 43.8 Å². The highest BCUT2D eigenvalue weighted by Crippen LogP contribution is 2.25. The molecule has 1 aliphatic rings. The van der Waals surface area contributed by atoms with E-state index >= 15 is 0 Å². The van der Waals surface area contributed by atoms with Crippen molar-refractivity contribution in [2.75, 3.05) is 10.8 Å². The van der Waals surface area contributed by atoms with Crippen molar-refractivity contribution in [2.24, 2.45) is 0 Å². The van der Waals surface area contributed by atoms with Gasteiger partial charge in [-0.25, -0.2) is 8.42 Å². The van der Waals surface area contributed by atoms with Gasteiger partial charge in [0.1, 0.15) is 12.6 Å². The Hall–Kier alpha value is -3.65. The van der Waals surface area contributed by atoms with E-state index in [2.05, 4.69) is 5.32 Å². The zero-order chi connectivity index (χ0) is 28.7. The van der Waals surface area contributed by atoms with Crippen molar-refractivity contribution in [3.05, 3.63) is 95.6 Å². The van der Waals surface area contributed by atoms with E-state index in [0.717, 1.165) is 46.7 Å². The summed E-state index contributed by atoms with van der Waals surface area (Å²) in [5.41, 5.74) is 3.18. The summed E-state index contributed by atoms with van der Waals surface area (Å²) >= 11 is 0. The molecule has 0 radical (unpaired) electrons. The highest BCUT2D eigenvalue weighted by atomic mass is 32.2. The summed E-state index contributed by atoms with van der Waals surface area (Å²) in [6.07, 6.45) is 5.19. The molecule has 0 bridgehead atoms. The lowest BCUT2D eigenvalue weighted by atomic mass is 9.95. The maximum absolute atomic E-state index is 14.1. The SMILES string of the molecule is Cc1cccc(CN(C(=O)CN(c2cccc(C)c2)S(=O)(=O)c2ccccc2)C(C)C(=O)NC2CCCCC2)c1. The second-order valence-corrected chi connectivity index (χ2v) is 12.6. The van der Waals surface area contributed by atoms with E-state index in [0.29, 0.717) is 5.69 Å². The standard InChI is InChI=1S/C32H39N3O4S/c1-24-12-10-14-27(20-24)22-34(26(3)32(37)33-28-15-6-4-7-16-28)31(36)23-35(29-17-11-13-25(2)21-29)40(38,39)30-18-8-5-9-19-30/h5,8-14,17-21,26,28H,4,6-7,15-16,22-23H2,1-3H3,(H,33,37). The van der Waals surface area contributed by atoms with Gasteiger partial charge in [-0.1, -0.05) is 79.4 Å². The monoisotopic (exact) mass is 561 g/mol. The topological polar surface area (TPSA) is 86.8 Å². The molecule has 4 rings (SSSR count). The van der Waals surface area contributed by atoms with Crippen LogP contribution in [-0.2, 0) is 26.2 Å². The van der Waals surface area contributed by atoms with Gasteiger partial charge in [-0.15, -0.1) is 0 Å². The Morgan fingerprint density at radius 1 is 0.875 bits per heavy atom. The molecule has 1 N–H and O–H groups in total. The van der Waals surface area contributed by atoms with Crippen LogP contribution in [0.4, 0.5) is 5.69 Å². The molecule has 212 valence electrons. The summed E-state index contributed by atoms with van der Waals surface area (Å²) < 4.78 is 28.8. The van der Waals surface area contributed by atoms with Gasteiger partial charge in [0.15, 0.2) is 0 Å². The first-order chi connectivity index (χ1) is 19.1. The molecule has 7 nitrogen and oxygen atoms in total. The van der Waals surface area contributed by atoms with E-state index < -0.39 is 28.5 Å². The number of carbonyl (C=O) groups excluding carboxylic acids is 2. The minimum absolute atomic E-state index is 0.0950. The Balaban J connectivity index is 1.67. The molecule has 1 fully saturated rings. The second kappa shape index (κ2) is 13.1. The number of rotatable bonds is 10. The zero-order valence-corrected chi connectivity index (χ0v) is 24.4. The number of benzene rings is 3. The van der Waals surface area contributed by atoms with Crippen LogP contribution in [0.15, 0.2) is 83.8 Å². The number of sulfonamides is 1. The minimum atomic E-state index is -4.06. The van der Waals surface area contributed by atoms with E-state index in [1.54, 1.807) is 43.3 Å².